The second-order valence-electron chi connectivity index (χ2n) is 6.23. The van der Waals surface area contributed by atoms with Gasteiger partial charge in [0.15, 0.2) is 5.96 Å². The Hall–Kier alpha value is -2.41. The zero-order valence-corrected chi connectivity index (χ0v) is 15.9. The minimum absolute atomic E-state index is 0.459. The number of hydrogen-bond donors (Lipinski definition) is 2. The summed E-state index contributed by atoms with van der Waals surface area (Å²) in [6, 6.07) is 6.11. The Labute approximate surface area is 152 Å². The molecular weight excluding hydrogens is 332 g/mol. The first-order valence-electron chi connectivity index (χ1n) is 8.39. The molecule has 0 spiro atoms. The Morgan fingerprint density at radius 2 is 2.04 bits per heavy atom. The standard InChI is InChI=1S/C18H24N6S/c1-12(2)15-11-25-17(23-15)9-21-18(19-4)20-8-14-10-24-13(3)6-5-7-16(24)22-14/h5-7,10-12H,8-9H2,1-4H3,(H2,19,20,21). The number of aliphatic imine (C=N–C) groups is 1. The maximum absolute atomic E-state index is 4.63. The topological polar surface area (TPSA) is 66.6 Å². The highest BCUT2D eigenvalue weighted by atomic mass is 32.1. The molecule has 0 radical (unpaired) electrons. The van der Waals surface area contributed by atoms with Gasteiger partial charge in [-0.3, -0.25) is 4.99 Å². The van der Waals surface area contributed by atoms with Crippen molar-refractivity contribution in [2.45, 2.75) is 39.8 Å². The minimum Gasteiger partial charge on any atom is -0.351 e. The van der Waals surface area contributed by atoms with Gasteiger partial charge in [-0.25, -0.2) is 9.97 Å². The predicted molar refractivity (Wildman–Crippen MR) is 103 cm³/mol. The summed E-state index contributed by atoms with van der Waals surface area (Å²) >= 11 is 1.68. The van der Waals surface area contributed by atoms with E-state index in [0.29, 0.717) is 19.0 Å². The molecule has 3 rings (SSSR count). The van der Waals surface area contributed by atoms with Gasteiger partial charge in [-0.15, -0.1) is 11.3 Å². The van der Waals surface area contributed by atoms with Crippen LogP contribution in [0.4, 0.5) is 0 Å². The number of thiazole rings is 1. The molecule has 0 aliphatic rings. The van der Waals surface area contributed by atoms with Crippen molar-refractivity contribution in [3.05, 3.63) is 51.9 Å². The summed E-state index contributed by atoms with van der Waals surface area (Å²) < 4.78 is 2.09. The van der Waals surface area contributed by atoms with Crippen LogP contribution >= 0.6 is 11.3 Å². The molecule has 132 valence electrons. The van der Waals surface area contributed by atoms with Crippen LogP contribution in [0.1, 0.15) is 41.9 Å². The zero-order chi connectivity index (χ0) is 17.8. The number of aromatic nitrogens is 3. The van der Waals surface area contributed by atoms with Crippen LogP contribution in [0.5, 0.6) is 0 Å². The van der Waals surface area contributed by atoms with Gasteiger partial charge in [0.2, 0.25) is 0 Å². The summed E-state index contributed by atoms with van der Waals surface area (Å²) in [5.41, 5.74) is 4.26. The first-order valence-corrected chi connectivity index (χ1v) is 9.27. The van der Waals surface area contributed by atoms with E-state index in [-0.39, 0.29) is 0 Å². The molecule has 0 aromatic carbocycles. The molecule has 0 aliphatic heterocycles. The number of fused-ring (bicyclic) bond motifs is 1. The average Bonchev–Trinajstić information content (AvgIpc) is 3.22. The summed E-state index contributed by atoms with van der Waals surface area (Å²) in [4.78, 5) is 13.5. The van der Waals surface area contributed by atoms with Crippen LogP contribution in [0.2, 0.25) is 0 Å². The van der Waals surface area contributed by atoms with E-state index in [4.69, 9.17) is 0 Å². The van der Waals surface area contributed by atoms with E-state index in [1.807, 2.05) is 12.1 Å². The SMILES string of the molecule is CN=C(NCc1cn2c(C)cccc2n1)NCc1nc(C(C)C)cs1. The molecule has 2 N–H and O–H groups in total. The van der Waals surface area contributed by atoms with Crippen LogP contribution in [-0.2, 0) is 13.1 Å². The number of pyridine rings is 1. The summed E-state index contributed by atoms with van der Waals surface area (Å²) in [5, 5.41) is 9.80. The molecule has 0 saturated carbocycles. The van der Waals surface area contributed by atoms with E-state index in [2.05, 4.69) is 68.4 Å². The maximum Gasteiger partial charge on any atom is 0.191 e. The summed E-state index contributed by atoms with van der Waals surface area (Å²) in [7, 11) is 1.77. The fourth-order valence-electron chi connectivity index (χ4n) is 2.51. The number of nitrogens with zero attached hydrogens (tertiary/aromatic N) is 4. The molecule has 25 heavy (non-hydrogen) atoms. The molecule has 3 aromatic heterocycles. The second kappa shape index (κ2) is 7.65. The molecule has 0 unspecified atom stereocenters. The van der Waals surface area contributed by atoms with Crippen molar-refractivity contribution in [1.29, 1.82) is 0 Å². The van der Waals surface area contributed by atoms with Crippen LogP contribution < -0.4 is 10.6 Å². The Morgan fingerprint density at radius 1 is 1.24 bits per heavy atom. The highest BCUT2D eigenvalue weighted by molar-refractivity contribution is 7.09. The molecule has 6 nitrogen and oxygen atoms in total. The van der Waals surface area contributed by atoms with E-state index in [1.165, 1.54) is 5.69 Å². The fourth-order valence-corrected chi connectivity index (χ4v) is 3.40. The van der Waals surface area contributed by atoms with Gasteiger partial charge >= 0.3 is 0 Å². The highest BCUT2D eigenvalue weighted by Gasteiger charge is 2.07. The summed E-state index contributed by atoms with van der Waals surface area (Å²) in [5.74, 6) is 1.20. The largest absolute Gasteiger partial charge is 0.351 e. The normalized spacial score (nSPS) is 12.1. The monoisotopic (exact) mass is 356 g/mol. The number of imidazole rings is 1. The van der Waals surface area contributed by atoms with Crippen LogP contribution in [0, 0.1) is 6.92 Å². The Morgan fingerprint density at radius 3 is 2.72 bits per heavy atom. The van der Waals surface area contributed by atoms with Gasteiger partial charge in [0, 0.05) is 24.3 Å². The molecule has 0 bridgehead atoms. The number of guanidine groups is 1. The molecular formula is C18H24N6S. The molecule has 0 fully saturated rings. The van der Waals surface area contributed by atoms with E-state index >= 15 is 0 Å². The van der Waals surface area contributed by atoms with Gasteiger partial charge in [0.05, 0.1) is 24.5 Å². The van der Waals surface area contributed by atoms with Crippen molar-refractivity contribution in [2.24, 2.45) is 4.99 Å². The summed E-state index contributed by atoms with van der Waals surface area (Å²) in [6.45, 7) is 7.68. The van der Waals surface area contributed by atoms with E-state index in [1.54, 1.807) is 18.4 Å². The quantitative estimate of drug-likeness (QED) is 0.545. The van der Waals surface area contributed by atoms with Crippen molar-refractivity contribution in [3.8, 4) is 0 Å². The van der Waals surface area contributed by atoms with Crippen molar-refractivity contribution in [1.82, 2.24) is 25.0 Å². The number of rotatable bonds is 5. The molecule has 3 aromatic rings. The van der Waals surface area contributed by atoms with Gasteiger partial charge in [0.1, 0.15) is 10.7 Å². The van der Waals surface area contributed by atoms with Gasteiger partial charge in [-0.2, -0.15) is 0 Å². The number of hydrogen-bond acceptors (Lipinski definition) is 4. The molecule has 0 saturated heterocycles. The van der Waals surface area contributed by atoms with E-state index in [0.717, 1.165) is 28.0 Å². The van der Waals surface area contributed by atoms with Crippen LogP contribution in [0.15, 0.2) is 34.8 Å². The molecule has 3 heterocycles. The zero-order valence-electron chi connectivity index (χ0n) is 15.1. The smallest absolute Gasteiger partial charge is 0.191 e. The Kier molecular flexibility index (Phi) is 5.33. The Balaban J connectivity index is 1.57. The Bertz CT molecular complexity index is 877. The lowest BCUT2D eigenvalue weighted by molar-refractivity contribution is 0.780. The maximum atomic E-state index is 4.63. The van der Waals surface area contributed by atoms with Gasteiger partial charge in [0.25, 0.3) is 0 Å². The van der Waals surface area contributed by atoms with Crippen molar-refractivity contribution >= 4 is 22.9 Å². The molecule has 0 aliphatic carbocycles. The predicted octanol–water partition coefficient (Wildman–Crippen LogP) is 3.09. The first kappa shape index (κ1) is 17.4. The van der Waals surface area contributed by atoms with Gasteiger partial charge in [-0.1, -0.05) is 19.9 Å². The van der Waals surface area contributed by atoms with Crippen molar-refractivity contribution in [3.63, 3.8) is 0 Å². The van der Waals surface area contributed by atoms with Crippen molar-refractivity contribution < 1.29 is 0 Å². The third-order valence-corrected chi connectivity index (χ3v) is 4.84. The average molecular weight is 356 g/mol. The van der Waals surface area contributed by atoms with Crippen LogP contribution in [0.3, 0.4) is 0 Å². The highest BCUT2D eigenvalue weighted by Crippen LogP contribution is 2.17. The number of nitrogens with one attached hydrogen (secondary N) is 2. The van der Waals surface area contributed by atoms with Crippen LogP contribution in [-0.4, -0.2) is 27.4 Å². The minimum atomic E-state index is 0.459. The fraction of sp³-hybridized carbons (Fsp3) is 0.389. The lowest BCUT2D eigenvalue weighted by atomic mass is 10.2. The van der Waals surface area contributed by atoms with Gasteiger partial charge < -0.3 is 15.0 Å². The molecule has 0 amide bonds. The lowest BCUT2D eigenvalue weighted by Gasteiger charge is -2.09. The first-order chi connectivity index (χ1) is 12.1. The lowest BCUT2D eigenvalue weighted by Crippen LogP contribution is -2.36. The second-order valence-corrected chi connectivity index (χ2v) is 7.17. The van der Waals surface area contributed by atoms with Crippen LogP contribution in [0.25, 0.3) is 5.65 Å². The number of aryl methyl sites for hydroxylation is 1. The van der Waals surface area contributed by atoms with E-state index in [9.17, 15) is 0 Å². The van der Waals surface area contributed by atoms with Gasteiger partial charge in [-0.05, 0) is 25.0 Å². The molecule has 0 atom stereocenters. The molecule has 7 heteroatoms. The third kappa shape index (κ3) is 4.17. The van der Waals surface area contributed by atoms with E-state index < -0.39 is 0 Å². The third-order valence-electron chi connectivity index (χ3n) is 3.97. The summed E-state index contributed by atoms with van der Waals surface area (Å²) in [6.07, 6.45) is 2.06. The van der Waals surface area contributed by atoms with Crippen molar-refractivity contribution in [2.75, 3.05) is 7.05 Å².